The van der Waals surface area contributed by atoms with Gasteiger partial charge < -0.3 is 15.0 Å². The van der Waals surface area contributed by atoms with Crippen molar-refractivity contribution < 1.29 is 26.9 Å². The molecule has 0 amide bonds. The fraction of sp³-hybridized carbons (Fsp3) is 0.571. The third kappa shape index (κ3) is 3.22. The van der Waals surface area contributed by atoms with Crippen molar-refractivity contribution in [1.82, 2.24) is 0 Å². The molecular formula is C14H17BClF4NO2. The Hall–Kier alpha value is -0.825. The van der Waals surface area contributed by atoms with Gasteiger partial charge in [-0.2, -0.15) is 13.2 Å². The summed E-state index contributed by atoms with van der Waals surface area (Å²) in [6.45, 7) is 6.88. The number of halogens is 5. The highest BCUT2D eigenvalue weighted by Gasteiger charge is 2.54. The molecule has 1 aliphatic heterocycles. The van der Waals surface area contributed by atoms with Gasteiger partial charge in [-0.15, -0.1) is 0 Å². The molecule has 0 saturated carbocycles. The van der Waals surface area contributed by atoms with E-state index in [0.29, 0.717) is 6.07 Å². The molecule has 1 aromatic rings. The minimum Gasteiger partial charge on any atom is -0.402 e. The van der Waals surface area contributed by atoms with Crippen LogP contribution in [0.15, 0.2) is 12.1 Å². The summed E-state index contributed by atoms with van der Waals surface area (Å²) in [7, 11) is -1.23. The number of hydrogen-bond acceptors (Lipinski definition) is 3. The van der Waals surface area contributed by atoms with Gasteiger partial charge in [0.1, 0.15) is 5.82 Å². The second-order valence-electron chi connectivity index (χ2n) is 6.47. The standard InChI is InChI=1S/C14H17BClF4NO2/c1-12(2)13(3,4)23-15(22-12)11(21)9-7(14(18,19)20)5-6-8(16)10(9)17/h5-6,11H,21H2,1-4H3/t11-/m1/s1. The fourth-order valence-corrected chi connectivity index (χ4v) is 2.48. The van der Waals surface area contributed by atoms with Crippen LogP contribution in [0.25, 0.3) is 0 Å². The Balaban J connectivity index is 2.49. The van der Waals surface area contributed by atoms with E-state index in [1.807, 2.05) is 0 Å². The first-order valence-electron chi connectivity index (χ1n) is 6.94. The van der Waals surface area contributed by atoms with Gasteiger partial charge in [-0.1, -0.05) is 11.6 Å². The predicted octanol–water partition coefficient (Wildman–Crippen LogP) is 4.13. The van der Waals surface area contributed by atoms with Crippen LogP contribution >= 0.6 is 11.6 Å². The summed E-state index contributed by atoms with van der Waals surface area (Å²) in [6.07, 6.45) is -4.78. The van der Waals surface area contributed by atoms with E-state index in [2.05, 4.69) is 0 Å². The molecular weight excluding hydrogens is 336 g/mol. The number of hydrogen-bond donors (Lipinski definition) is 1. The molecule has 1 atom stereocenters. The zero-order valence-corrected chi connectivity index (χ0v) is 13.8. The van der Waals surface area contributed by atoms with E-state index in [-0.39, 0.29) is 0 Å². The average molecular weight is 354 g/mol. The van der Waals surface area contributed by atoms with Crippen molar-refractivity contribution >= 4 is 18.7 Å². The zero-order valence-electron chi connectivity index (χ0n) is 13.1. The van der Waals surface area contributed by atoms with Crippen LogP contribution in [-0.4, -0.2) is 18.3 Å². The Morgan fingerprint density at radius 3 is 2.04 bits per heavy atom. The Labute approximate surface area is 137 Å². The second kappa shape index (κ2) is 5.62. The zero-order chi connectivity index (χ0) is 17.8. The predicted molar refractivity (Wildman–Crippen MR) is 79.4 cm³/mol. The van der Waals surface area contributed by atoms with Crippen molar-refractivity contribution in [3.05, 3.63) is 34.1 Å². The molecule has 2 rings (SSSR count). The summed E-state index contributed by atoms with van der Waals surface area (Å²) in [5.41, 5.74) is 2.30. The molecule has 23 heavy (non-hydrogen) atoms. The molecule has 0 aliphatic carbocycles. The quantitative estimate of drug-likeness (QED) is 0.642. The van der Waals surface area contributed by atoms with Gasteiger partial charge in [0.2, 0.25) is 0 Å². The molecule has 1 heterocycles. The van der Waals surface area contributed by atoms with Crippen LogP contribution in [0.1, 0.15) is 44.8 Å². The van der Waals surface area contributed by atoms with Crippen molar-refractivity contribution in [2.45, 2.75) is 51.0 Å². The van der Waals surface area contributed by atoms with Crippen molar-refractivity contribution in [1.29, 1.82) is 0 Å². The van der Waals surface area contributed by atoms with Crippen LogP contribution in [-0.2, 0) is 15.5 Å². The van der Waals surface area contributed by atoms with Gasteiger partial charge in [0.05, 0.1) is 27.7 Å². The summed E-state index contributed by atoms with van der Waals surface area (Å²) in [5, 5.41) is -0.444. The molecule has 0 aromatic heterocycles. The van der Waals surface area contributed by atoms with Gasteiger partial charge in [0.15, 0.2) is 0 Å². The van der Waals surface area contributed by atoms with E-state index in [0.717, 1.165) is 6.07 Å². The lowest BCUT2D eigenvalue weighted by molar-refractivity contribution is -0.138. The lowest BCUT2D eigenvalue weighted by Gasteiger charge is -2.32. The molecule has 128 valence electrons. The van der Waals surface area contributed by atoms with E-state index >= 15 is 0 Å². The monoisotopic (exact) mass is 353 g/mol. The maximum absolute atomic E-state index is 14.3. The van der Waals surface area contributed by atoms with Gasteiger partial charge in [0.25, 0.3) is 0 Å². The van der Waals surface area contributed by atoms with Crippen molar-refractivity contribution in [2.24, 2.45) is 5.73 Å². The summed E-state index contributed by atoms with van der Waals surface area (Å²) >= 11 is 5.62. The molecule has 1 fully saturated rings. The normalized spacial score (nSPS) is 21.6. The molecule has 9 heteroatoms. The molecule has 3 nitrogen and oxygen atoms in total. The molecule has 0 spiro atoms. The Morgan fingerprint density at radius 2 is 1.61 bits per heavy atom. The number of nitrogens with two attached hydrogens (primary N) is 1. The average Bonchev–Trinajstić information content (AvgIpc) is 2.59. The van der Waals surface area contributed by atoms with Gasteiger partial charge in [0, 0.05) is 5.56 Å². The Bertz CT molecular complexity index is 606. The van der Waals surface area contributed by atoms with Crippen molar-refractivity contribution in [2.75, 3.05) is 0 Å². The number of benzene rings is 1. The second-order valence-corrected chi connectivity index (χ2v) is 6.88. The summed E-state index contributed by atoms with van der Waals surface area (Å²) in [5.74, 6) is -2.70. The van der Waals surface area contributed by atoms with Gasteiger partial charge in [-0.3, -0.25) is 0 Å². The minimum absolute atomic E-state index is 0.444. The molecule has 1 aromatic carbocycles. The van der Waals surface area contributed by atoms with Crippen molar-refractivity contribution in [3.63, 3.8) is 0 Å². The van der Waals surface area contributed by atoms with Crippen molar-refractivity contribution in [3.8, 4) is 0 Å². The first-order valence-corrected chi connectivity index (χ1v) is 7.32. The van der Waals surface area contributed by atoms with E-state index in [4.69, 9.17) is 26.6 Å². The topological polar surface area (TPSA) is 44.5 Å². The number of alkyl halides is 3. The highest BCUT2D eigenvalue weighted by atomic mass is 35.5. The first-order chi connectivity index (χ1) is 10.3. The summed E-state index contributed by atoms with van der Waals surface area (Å²) in [6, 6.07) is 1.55. The lowest BCUT2D eigenvalue weighted by atomic mass is 9.73. The highest BCUT2D eigenvalue weighted by Crippen LogP contribution is 2.43. The largest absolute Gasteiger partial charge is 0.480 e. The van der Waals surface area contributed by atoms with Gasteiger partial charge in [-0.05, 0) is 39.8 Å². The number of rotatable bonds is 2. The smallest absolute Gasteiger partial charge is 0.402 e. The maximum atomic E-state index is 14.3. The van der Waals surface area contributed by atoms with E-state index < -0.39 is 52.4 Å². The van der Waals surface area contributed by atoms with Crippen LogP contribution < -0.4 is 5.73 Å². The van der Waals surface area contributed by atoms with Gasteiger partial charge >= 0.3 is 13.3 Å². The lowest BCUT2D eigenvalue weighted by Crippen LogP contribution is -2.41. The molecule has 2 N–H and O–H groups in total. The highest BCUT2D eigenvalue weighted by molar-refractivity contribution is 6.47. The minimum atomic E-state index is -4.78. The third-order valence-corrected chi connectivity index (χ3v) is 4.63. The fourth-order valence-electron chi connectivity index (χ4n) is 2.31. The Kier molecular flexibility index (Phi) is 4.52. The first kappa shape index (κ1) is 18.5. The molecule has 0 bridgehead atoms. The SMILES string of the molecule is CC1(C)OB([C@H](N)c2c(C(F)(F)F)ccc(Cl)c2F)OC1(C)C. The molecule has 0 unspecified atom stereocenters. The van der Waals surface area contributed by atoms with Crippen LogP contribution in [0, 0.1) is 5.82 Å². The summed E-state index contributed by atoms with van der Waals surface area (Å²) < 4.78 is 65.0. The molecule has 1 aliphatic rings. The van der Waals surface area contributed by atoms with E-state index in [1.54, 1.807) is 27.7 Å². The maximum Gasteiger partial charge on any atom is 0.480 e. The molecule has 1 saturated heterocycles. The van der Waals surface area contributed by atoms with E-state index in [1.165, 1.54) is 0 Å². The Morgan fingerprint density at radius 1 is 1.13 bits per heavy atom. The molecule has 0 radical (unpaired) electrons. The van der Waals surface area contributed by atoms with Crippen LogP contribution in [0.3, 0.4) is 0 Å². The summed E-state index contributed by atoms with van der Waals surface area (Å²) in [4.78, 5) is 0. The third-order valence-electron chi connectivity index (χ3n) is 4.34. The van der Waals surface area contributed by atoms with Gasteiger partial charge in [-0.25, -0.2) is 4.39 Å². The van der Waals surface area contributed by atoms with E-state index in [9.17, 15) is 17.6 Å². The van der Waals surface area contributed by atoms with Crippen LogP contribution in [0.5, 0.6) is 0 Å². The van der Waals surface area contributed by atoms with Crippen LogP contribution in [0.4, 0.5) is 17.6 Å². The van der Waals surface area contributed by atoms with Crippen LogP contribution in [0.2, 0.25) is 5.02 Å².